The summed E-state index contributed by atoms with van der Waals surface area (Å²) in [4.78, 5) is 23.5. The Morgan fingerprint density at radius 2 is 1.58 bits per heavy atom. The molecule has 0 aromatic heterocycles. The molecular weight excluding hydrogens is 304 g/mol. The Balaban J connectivity index is 1.97. The summed E-state index contributed by atoms with van der Waals surface area (Å²) < 4.78 is 5.69. The number of nitrogens with one attached hydrogen (secondary N) is 2. The molecule has 2 amide bonds. The van der Waals surface area contributed by atoms with Crippen LogP contribution in [-0.4, -0.2) is 25.5 Å². The summed E-state index contributed by atoms with van der Waals surface area (Å²) in [7, 11) is 1.57. The standard InChI is InChI=1S/C19H22N2O3/c1-12-5-6-13(2)18(14(12)3)24-11-17(22)21-16-9-7-15(8-10-16)19(23)20-4/h5-10H,11H2,1-4H3,(H,20,23)(H,21,22). The van der Waals surface area contributed by atoms with E-state index in [9.17, 15) is 9.59 Å². The molecule has 0 aliphatic rings. The van der Waals surface area contributed by atoms with E-state index in [-0.39, 0.29) is 18.4 Å². The zero-order chi connectivity index (χ0) is 17.7. The molecule has 0 aliphatic heterocycles. The molecule has 0 heterocycles. The van der Waals surface area contributed by atoms with Crippen molar-refractivity contribution in [2.24, 2.45) is 0 Å². The van der Waals surface area contributed by atoms with Crippen LogP contribution < -0.4 is 15.4 Å². The number of hydrogen-bond donors (Lipinski definition) is 2. The van der Waals surface area contributed by atoms with E-state index in [1.165, 1.54) is 0 Å². The highest BCUT2D eigenvalue weighted by atomic mass is 16.5. The number of aryl methyl sites for hydroxylation is 2. The van der Waals surface area contributed by atoms with Crippen LogP contribution in [0, 0.1) is 20.8 Å². The smallest absolute Gasteiger partial charge is 0.262 e. The van der Waals surface area contributed by atoms with Crippen molar-refractivity contribution >= 4 is 17.5 Å². The number of hydrogen-bond acceptors (Lipinski definition) is 3. The van der Waals surface area contributed by atoms with Crippen LogP contribution in [0.15, 0.2) is 36.4 Å². The molecule has 2 aromatic carbocycles. The Bertz CT molecular complexity index is 752. The first-order chi connectivity index (χ1) is 11.4. The van der Waals surface area contributed by atoms with Crippen LogP contribution in [-0.2, 0) is 4.79 Å². The summed E-state index contributed by atoms with van der Waals surface area (Å²) >= 11 is 0. The van der Waals surface area contributed by atoms with E-state index >= 15 is 0 Å². The first kappa shape index (κ1) is 17.5. The van der Waals surface area contributed by atoms with Gasteiger partial charge in [0.05, 0.1) is 0 Å². The molecule has 0 aliphatic carbocycles. The minimum Gasteiger partial charge on any atom is -0.483 e. The summed E-state index contributed by atoms with van der Waals surface area (Å²) in [5.41, 5.74) is 4.33. The lowest BCUT2D eigenvalue weighted by molar-refractivity contribution is -0.118. The molecule has 2 N–H and O–H groups in total. The lowest BCUT2D eigenvalue weighted by Crippen LogP contribution is -2.21. The fraction of sp³-hybridized carbons (Fsp3) is 0.263. The average molecular weight is 326 g/mol. The molecule has 2 rings (SSSR count). The second-order valence-electron chi connectivity index (χ2n) is 5.65. The Morgan fingerprint density at radius 1 is 0.958 bits per heavy atom. The van der Waals surface area contributed by atoms with E-state index in [0.29, 0.717) is 11.3 Å². The van der Waals surface area contributed by atoms with E-state index in [4.69, 9.17) is 4.74 Å². The molecule has 0 saturated heterocycles. The van der Waals surface area contributed by atoms with Gasteiger partial charge < -0.3 is 15.4 Å². The summed E-state index contributed by atoms with van der Waals surface area (Å²) in [5, 5.41) is 5.30. The first-order valence-corrected chi connectivity index (χ1v) is 7.74. The zero-order valence-corrected chi connectivity index (χ0v) is 14.4. The first-order valence-electron chi connectivity index (χ1n) is 7.74. The van der Waals surface area contributed by atoms with Crippen molar-refractivity contribution < 1.29 is 14.3 Å². The highest BCUT2D eigenvalue weighted by Crippen LogP contribution is 2.25. The summed E-state index contributed by atoms with van der Waals surface area (Å²) in [6.45, 7) is 5.88. The summed E-state index contributed by atoms with van der Waals surface area (Å²) in [5.74, 6) is 0.338. The number of carbonyl (C=O) groups excluding carboxylic acids is 2. The topological polar surface area (TPSA) is 67.4 Å². The molecular formula is C19H22N2O3. The maximum atomic E-state index is 12.1. The molecule has 2 aromatic rings. The van der Waals surface area contributed by atoms with Gasteiger partial charge in [-0.05, 0) is 61.7 Å². The predicted octanol–water partition coefficient (Wildman–Crippen LogP) is 2.99. The third-order valence-corrected chi connectivity index (χ3v) is 3.88. The molecule has 0 saturated carbocycles. The van der Waals surface area contributed by atoms with Crippen LogP contribution in [0.3, 0.4) is 0 Å². The van der Waals surface area contributed by atoms with E-state index < -0.39 is 0 Å². The van der Waals surface area contributed by atoms with Gasteiger partial charge in [-0.15, -0.1) is 0 Å². The number of rotatable bonds is 5. The summed E-state index contributed by atoms with van der Waals surface area (Å²) in [6, 6.07) is 10.7. The van der Waals surface area contributed by atoms with E-state index in [0.717, 1.165) is 22.4 Å². The molecule has 0 fully saturated rings. The van der Waals surface area contributed by atoms with Crippen LogP contribution in [0.1, 0.15) is 27.0 Å². The van der Waals surface area contributed by atoms with Crippen LogP contribution in [0.25, 0.3) is 0 Å². The number of ether oxygens (including phenoxy) is 1. The minimum absolute atomic E-state index is 0.0671. The SMILES string of the molecule is CNC(=O)c1ccc(NC(=O)COc2c(C)ccc(C)c2C)cc1. The molecule has 0 radical (unpaired) electrons. The number of amides is 2. The lowest BCUT2D eigenvalue weighted by atomic mass is 10.1. The fourth-order valence-corrected chi connectivity index (χ4v) is 2.33. The largest absolute Gasteiger partial charge is 0.483 e. The van der Waals surface area contributed by atoms with Gasteiger partial charge in [0.25, 0.3) is 11.8 Å². The number of benzene rings is 2. The highest BCUT2D eigenvalue weighted by molar-refractivity contribution is 5.95. The lowest BCUT2D eigenvalue weighted by Gasteiger charge is -2.14. The molecule has 5 heteroatoms. The van der Waals surface area contributed by atoms with E-state index in [1.54, 1.807) is 31.3 Å². The molecule has 126 valence electrons. The van der Waals surface area contributed by atoms with Crippen LogP contribution in [0.4, 0.5) is 5.69 Å². The molecule has 24 heavy (non-hydrogen) atoms. The molecule has 0 bridgehead atoms. The van der Waals surface area contributed by atoms with Gasteiger partial charge in [-0.1, -0.05) is 12.1 Å². The maximum Gasteiger partial charge on any atom is 0.262 e. The van der Waals surface area contributed by atoms with Gasteiger partial charge >= 0.3 is 0 Å². The Morgan fingerprint density at radius 3 is 2.21 bits per heavy atom. The van der Waals surface area contributed by atoms with Crippen molar-refractivity contribution in [3.63, 3.8) is 0 Å². The van der Waals surface area contributed by atoms with Gasteiger partial charge in [-0.3, -0.25) is 9.59 Å². The second-order valence-corrected chi connectivity index (χ2v) is 5.65. The minimum atomic E-state index is -0.247. The van der Waals surface area contributed by atoms with Crippen molar-refractivity contribution in [1.82, 2.24) is 5.32 Å². The third kappa shape index (κ3) is 4.13. The second kappa shape index (κ2) is 7.64. The highest BCUT2D eigenvalue weighted by Gasteiger charge is 2.10. The van der Waals surface area contributed by atoms with Crippen LogP contribution in [0.2, 0.25) is 0 Å². The predicted molar refractivity (Wildman–Crippen MR) is 94.6 cm³/mol. The Labute approximate surface area is 142 Å². The third-order valence-electron chi connectivity index (χ3n) is 3.88. The quantitative estimate of drug-likeness (QED) is 0.887. The van der Waals surface area contributed by atoms with Crippen LogP contribution in [0.5, 0.6) is 5.75 Å². The average Bonchev–Trinajstić information content (AvgIpc) is 2.58. The molecule has 0 unspecified atom stereocenters. The Hall–Kier alpha value is -2.82. The van der Waals surface area contributed by atoms with Crippen molar-refractivity contribution in [3.05, 3.63) is 58.7 Å². The van der Waals surface area contributed by atoms with Gasteiger partial charge in [0.2, 0.25) is 0 Å². The molecule has 0 spiro atoms. The van der Waals surface area contributed by atoms with Gasteiger partial charge in [0.15, 0.2) is 6.61 Å². The monoisotopic (exact) mass is 326 g/mol. The van der Waals surface area contributed by atoms with Crippen molar-refractivity contribution in [1.29, 1.82) is 0 Å². The molecule has 5 nitrogen and oxygen atoms in total. The van der Waals surface area contributed by atoms with Crippen molar-refractivity contribution in [2.45, 2.75) is 20.8 Å². The maximum absolute atomic E-state index is 12.1. The van der Waals surface area contributed by atoms with Crippen molar-refractivity contribution in [2.75, 3.05) is 19.0 Å². The fourth-order valence-electron chi connectivity index (χ4n) is 2.33. The van der Waals surface area contributed by atoms with Gasteiger partial charge in [-0.2, -0.15) is 0 Å². The van der Waals surface area contributed by atoms with E-state index in [2.05, 4.69) is 10.6 Å². The number of carbonyl (C=O) groups is 2. The number of anilines is 1. The van der Waals surface area contributed by atoms with Crippen LogP contribution >= 0.6 is 0 Å². The Kier molecular flexibility index (Phi) is 5.58. The van der Waals surface area contributed by atoms with Gasteiger partial charge in [0.1, 0.15) is 5.75 Å². The van der Waals surface area contributed by atoms with Gasteiger partial charge in [-0.25, -0.2) is 0 Å². The molecule has 0 atom stereocenters. The van der Waals surface area contributed by atoms with Crippen molar-refractivity contribution in [3.8, 4) is 5.75 Å². The van der Waals surface area contributed by atoms with E-state index in [1.807, 2.05) is 32.9 Å². The zero-order valence-electron chi connectivity index (χ0n) is 14.4. The van der Waals surface area contributed by atoms with Gasteiger partial charge in [0, 0.05) is 18.3 Å². The normalized spacial score (nSPS) is 10.2. The summed E-state index contributed by atoms with van der Waals surface area (Å²) in [6.07, 6.45) is 0.